The largest absolute Gasteiger partial charge is 0.330 e. The van der Waals surface area contributed by atoms with Crippen LogP contribution in [0.5, 0.6) is 0 Å². The number of rotatable bonds is 7. The van der Waals surface area contributed by atoms with Gasteiger partial charge in [0, 0.05) is 24.1 Å². The van der Waals surface area contributed by atoms with E-state index in [1.54, 1.807) is 0 Å². The van der Waals surface area contributed by atoms with Crippen molar-refractivity contribution in [3.8, 4) is 0 Å². The van der Waals surface area contributed by atoms with Crippen molar-refractivity contribution in [3.63, 3.8) is 0 Å². The molecule has 0 aromatic carbocycles. The van der Waals surface area contributed by atoms with E-state index in [1.165, 1.54) is 56.7 Å². The van der Waals surface area contributed by atoms with E-state index in [4.69, 9.17) is 5.73 Å². The summed E-state index contributed by atoms with van der Waals surface area (Å²) in [6.45, 7) is 5.83. The predicted octanol–water partition coefficient (Wildman–Crippen LogP) is 2.33. The molecule has 1 unspecified atom stereocenters. The maximum absolute atomic E-state index is 5.47. The van der Waals surface area contributed by atoms with Crippen molar-refractivity contribution < 1.29 is 0 Å². The van der Waals surface area contributed by atoms with E-state index in [1.807, 2.05) is 0 Å². The molecule has 1 saturated heterocycles. The van der Waals surface area contributed by atoms with E-state index >= 15 is 0 Å². The Morgan fingerprint density at radius 1 is 1.20 bits per heavy atom. The maximum Gasteiger partial charge on any atom is 0.0158 e. The Bertz CT molecular complexity index is 153. The van der Waals surface area contributed by atoms with Crippen LogP contribution >= 0.6 is 11.8 Å². The Balaban J connectivity index is 1.94. The van der Waals surface area contributed by atoms with Crippen LogP contribution in [0.1, 0.15) is 39.0 Å². The molecule has 0 radical (unpaired) electrons. The second-order valence-electron chi connectivity index (χ2n) is 4.52. The average Bonchev–Trinajstić information content (AvgIpc) is 2.25. The van der Waals surface area contributed by atoms with Gasteiger partial charge in [0.05, 0.1) is 0 Å². The van der Waals surface area contributed by atoms with Crippen molar-refractivity contribution in [1.82, 2.24) is 4.90 Å². The Hall–Kier alpha value is 0.270. The first-order chi connectivity index (χ1) is 7.34. The third-order valence-electron chi connectivity index (χ3n) is 3.15. The fourth-order valence-electron chi connectivity index (χ4n) is 2.08. The van der Waals surface area contributed by atoms with Crippen molar-refractivity contribution in [2.75, 3.05) is 31.1 Å². The van der Waals surface area contributed by atoms with Gasteiger partial charge in [0.1, 0.15) is 0 Å². The van der Waals surface area contributed by atoms with Gasteiger partial charge in [-0.15, -0.1) is 0 Å². The summed E-state index contributed by atoms with van der Waals surface area (Å²) in [6.07, 6.45) is 6.66. The van der Waals surface area contributed by atoms with Gasteiger partial charge in [0.15, 0.2) is 0 Å². The number of unbranched alkanes of at least 4 members (excludes halogenated alkanes) is 4. The van der Waals surface area contributed by atoms with E-state index in [0.29, 0.717) is 0 Å². The van der Waals surface area contributed by atoms with Crippen molar-refractivity contribution in [1.29, 1.82) is 0 Å². The van der Waals surface area contributed by atoms with Crippen LogP contribution in [-0.4, -0.2) is 42.1 Å². The van der Waals surface area contributed by atoms with Gasteiger partial charge in [0.2, 0.25) is 0 Å². The molecule has 1 aliphatic rings. The van der Waals surface area contributed by atoms with Crippen molar-refractivity contribution in [3.05, 3.63) is 0 Å². The van der Waals surface area contributed by atoms with E-state index < -0.39 is 0 Å². The zero-order chi connectivity index (χ0) is 10.9. The molecule has 15 heavy (non-hydrogen) atoms. The first-order valence-corrected chi connectivity index (χ1v) is 7.52. The number of nitrogens with zero attached hydrogens (tertiary/aromatic N) is 1. The molecule has 0 aromatic heterocycles. The lowest BCUT2D eigenvalue weighted by Crippen LogP contribution is -2.40. The molecule has 1 aliphatic heterocycles. The van der Waals surface area contributed by atoms with Gasteiger partial charge in [-0.05, 0) is 32.9 Å². The second-order valence-corrected chi connectivity index (χ2v) is 5.67. The summed E-state index contributed by atoms with van der Waals surface area (Å²) in [6, 6.07) is 0.799. The Kier molecular flexibility index (Phi) is 7.49. The molecule has 1 rings (SSSR count). The topological polar surface area (TPSA) is 29.3 Å². The van der Waals surface area contributed by atoms with Crippen LogP contribution in [0.25, 0.3) is 0 Å². The molecule has 0 amide bonds. The highest BCUT2D eigenvalue weighted by Crippen LogP contribution is 2.16. The fourth-order valence-corrected chi connectivity index (χ4v) is 3.17. The lowest BCUT2D eigenvalue weighted by molar-refractivity contribution is 0.227. The standard InChI is InChI=1S/C12H26N2S/c1-12-11-15-10-9-14(12)8-6-4-2-3-5-7-13/h12H,2-11,13H2,1H3. The smallest absolute Gasteiger partial charge is 0.0158 e. The molecule has 0 bridgehead atoms. The third-order valence-corrected chi connectivity index (χ3v) is 4.34. The minimum atomic E-state index is 0.799. The number of thioether (sulfide) groups is 1. The van der Waals surface area contributed by atoms with Crippen LogP contribution in [0.2, 0.25) is 0 Å². The highest BCUT2D eigenvalue weighted by atomic mass is 32.2. The molecular weight excluding hydrogens is 204 g/mol. The van der Waals surface area contributed by atoms with E-state index in [2.05, 4.69) is 23.6 Å². The molecule has 2 N–H and O–H groups in total. The van der Waals surface area contributed by atoms with Crippen molar-refractivity contribution in [2.45, 2.75) is 45.1 Å². The fraction of sp³-hybridized carbons (Fsp3) is 1.00. The average molecular weight is 230 g/mol. The van der Waals surface area contributed by atoms with E-state index in [0.717, 1.165) is 12.6 Å². The normalized spacial score (nSPS) is 23.2. The van der Waals surface area contributed by atoms with E-state index in [9.17, 15) is 0 Å². The van der Waals surface area contributed by atoms with Crippen LogP contribution in [0.15, 0.2) is 0 Å². The zero-order valence-electron chi connectivity index (χ0n) is 10.1. The Morgan fingerprint density at radius 2 is 1.93 bits per heavy atom. The monoisotopic (exact) mass is 230 g/mol. The molecule has 0 aromatic rings. The molecule has 0 saturated carbocycles. The van der Waals surface area contributed by atoms with Gasteiger partial charge in [0.25, 0.3) is 0 Å². The van der Waals surface area contributed by atoms with Crippen LogP contribution in [-0.2, 0) is 0 Å². The number of hydrogen-bond donors (Lipinski definition) is 1. The summed E-state index contributed by atoms with van der Waals surface area (Å²) in [7, 11) is 0. The Morgan fingerprint density at radius 3 is 2.67 bits per heavy atom. The number of hydrogen-bond acceptors (Lipinski definition) is 3. The lowest BCUT2D eigenvalue weighted by Gasteiger charge is -2.32. The van der Waals surface area contributed by atoms with Gasteiger partial charge < -0.3 is 5.73 Å². The Labute approximate surface area is 99.0 Å². The van der Waals surface area contributed by atoms with Gasteiger partial charge in [-0.1, -0.05) is 19.3 Å². The maximum atomic E-state index is 5.47. The number of nitrogens with two attached hydrogens (primary N) is 1. The molecule has 90 valence electrons. The third kappa shape index (κ3) is 5.79. The highest BCUT2D eigenvalue weighted by molar-refractivity contribution is 7.99. The molecule has 0 aliphatic carbocycles. The summed E-state index contributed by atoms with van der Waals surface area (Å²) in [5, 5.41) is 0. The zero-order valence-corrected chi connectivity index (χ0v) is 10.9. The van der Waals surface area contributed by atoms with Gasteiger partial charge in [-0.2, -0.15) is 11.8 Å². The second kappa shape index (κ2) is 8.43. The molecule has 0 spiro atoms. The van der Waals surface area contributed by atoms with Crippen LogP contribution in [0, 0.1) is 0 Å². The highest BCUT2D eigenvalue weighted by Gasteiger charge is 2.17. The first-order valence-electron chi connectivity index (χ1n) is 6.36. The molecule has 1 atom stereocenters. The SMILES string of the molecule is CC1CSCCN1CCCCCCCN. The minimum Gasteiger partial charge on any atom is -0.330 e. The quantitative estimate of drug-likeness (QED) is 0.681. The molecule has 3 heteroatoms. The summed E-state index contributed by atoms with van der Waals surface area (Å²) >= 11 is 2.10. The molecule has 2 nitrogen and oxygen atoms in total. The molecule has 1 fully saturated rings. The summed E-state index contributed by atoms with van der Waals surface area (Å²) in [4.78, 5) is 2.65. The van der Waals surface area contributed by atoms with Gasteiger partial charge >= 0.3 is 0 Å². The van der Waals surface area contributed by atoms with Crippen molar-refractivity contribution >= 4 is 11.8 Å². The molecular formula is C12H26N2S. The van der Waals surface area contributed by atoms with Crippen LogP contribution in [0.4, 0.5) is 0 Å². The van der Waals surface area contributed by atoms with E-state index in [-0.39, 0.29) is 0 Å². The predicted molar refractivity (Wildman–Crippen MR) is 70.5 cm³/mol. The summed E-state index contributed by atoms with van der Waals surface area (Å²) < 4.78 is 0. The first kappa shape index (κ1) is 13.3. The molecule has 1 heterocycles. The van der Waals surface area contributed by atoms with Gasteiger partial charge in [-0.25, -0.2) is 0 Å². The summed E-state index contributed by atoms with van der Waals surface area (Å²) in [5.74, 6) is 2.66. The van der Waals surface area contributed by atoms with Gasteiger partial charge in [-0.3, -0.25) is 4.90 Å². The van der Waals surface area contributed by atoms with Crippen molar-refractivity contribution in [2.24, 2.45) is 5.73 Å². The lowest BCUT2D eigenvalue weighted by atomic mass is 10.1. The van der Waals surface area contributed by atoms with Crippen LogP contribution in [0.3, 0.4) is 0 Å². The van der Waals surface area contributed by atoms with Crippen LogP contribution < -0.4 is 5.73 Å². The summed E-state index contributed by atoms with van der Waals surface area (Å²) in [5.41, 5.74) is 5.47. The minimum absolute atomic E-state index is 0.799.